The Morgan fingerprint density at radius 2 is 2.17 bits per heavy atom. The molecule has 6 nitrogen and oxygen atoms in total. The fourth-order valence-electron chi connectivity index (χ4n) is 2.45. The topological polar surface area (TPSA) is 90.8 Å². The van der Waals surface area contributed by atoms with Gasteiger partial charge in [0.2, 0.25) is 0 Å². The zero-order chi connectivity index (χ0) is 21.8. The first-order valence-corrected chi connectivity index (χ1v) is 11.0. The number of halogens is 4. The Hall–Kier alpha value is -2.25. The van der Waals surface area contributed by atoms with Gasteiger partial charge in [0.1, 0.15) is 10.4 Å². The number of nitriles is 1. The van der Waals surface area contributed by atoms with Crippen molar-refractivity contribution in [3.8, 4) is 17.6 Å². The van der Waals surface area contributed by atoms with E-state index in [0.29, 0.717) is 9.76 Å². The summed E-state index contributed by atoms with van der Waals surface area (Å²) in [5.74, 6) is -1.30. The number of rotatable bonds is 6. The molecule has 3 rings (SSSR count). The van der Waals surface area contributed by atoms with Gasteiger partial charge in [0.25, 0.3) is 5.91 Å². The molecule has 1 aromatic heterocycles. The molecule has 0 aliphatic rings. The summed E-state index contributed by atoms with van der Waals surface area (Å²) in [6, 6.07) is 9.13. The lowest BCUT2D eigenvalue weighted by Gasteiger charge is -2.13. The molecule has 11 heteroatoms. The summed E-state index contributed by atoms with van der Waals surface area (Å²) >= 11 is 16.6. The minimum atomic E-state index is -0.743. The third-order valence-electron chi connectivity index (χ3n) is 3.84. The van der Waals surface area contributed by atoms with Gasteiger partial charge in [-0.1, -0.05) is 41.0 Å². The number of aromatic amines is 1. The Kier molecular flexibility index (Phi) is 7.26. The van der Waals surface area contributed by atoms with Crippen LogP contribution in [-0.2, 0) is 6.54 Å². The van der Waals surface area contributed by atoms with Crippen molar-refractivity contribution in [2.75, 3.05) is 6.26 Å². The van der Waals surface area contributed by atoms with Crippen molar-refractivity contribution in [3.63, 3.8) is 0 Å². The van der Waals surface area contributed by atoms with Crippen molar-refractivity contribution in [3.05, 3.63) is 67.6 Å². The van der Waals surface area contributed by atoms with Crippen LogP contribution in [0.15, 0.2) is 40.1 Å². The number of ether oxygens (including phenoxy) is 1. The highest BCUT2D eigenvalue weighted by molar-refractivity contribution is 9.10. The number of carbonyl (C=O) groups excluding carboxylic acids is 1. The predicted molar refractivity (Wildman–Crippen MR) is 117 cm³/mol. The highest BCUT2D eigenvalue weighted by atomic mass is 79.9. The van der Waals surface area contributed by atoms with Gasteiger partial charge in [-0.3, -0.25) is 4.79 Å². The van der Waals surface area contributed by atoms with Crippen LogP contribution in [0.5, 0.6) is 11.5 Å². The van der Waals surface area contributed by atoms with Crippen molar-refractivity contribution < 1.29 is 13.9 Å². The van der Waals surface area contributed by atoms with Gasteiger partial charge in [-0.05, 0) is 46.5 Å². The lowest BCUT2D eigenvalue weighted by molar-refractivity contribution is 0.0945. The normalized spacial score (nSPS) is 10.5. The van der Waals surface area contributed by atoms with Crippen molar-refractivity contribution in [2.45, 2.75) is 11.7 Å². The second-order valence-electron chi connectivity index (χ2n) is 5.83. The average molecular weight is 530 g/mol. The first-order valence-electron chi connectivity index (χ1n) is 8.25. The molecule has 0 bridgehead atoms. The van der Waals surface area contributed by atoms with Gasteiger partial charge >= 0.3 is 0 Å². The Morgan fingerprint density at radius 3 is 2.83 bits per heavy atom. The maximum absolute atomic E-state index is 15.0. The van der Waals surface area contributed by atoms with E-state index in [2.05, 4.69) is 31.2 Å². The Labute approximate surface area is 193 Å². The van der Waals surface area contributed by atoms with Gasteiger partial charge in [-0.25, -0.2) is 9.37 Å². The number of nitrogens with zero attached hydrogens (tertiary/aromatic N) is 2. The van der Waals surface area contributed by atoms with Crippen molar-refractivity contribution in [1.82, 2.24) is 15.3 Å². The molecule has 0 aliphatic carbocycles. The lowest BCUT2D eigenvalue weighted by atomic mass is 10.2. The summed E-state index contributed by atoms with van der Waals surface area (Å²) in [6.07, 6.45) is 1.82. The van der Waals surface area contributed by atoms with Crippen LogP contribution in [0.3, 0.4) is 0 Å². The molecule has 0 aliphatic heterocycles. The van der Waals surface area contributed by atoms with Gasteiger partial charge in [-0.2, -0.15) is 5.26 Å². The minimum Gasteiger partial charge on any atom is -0.453 e. The van der Waals surface area contributed by atoms with E-state index in [4.69, 9.17) is 33.2 Å². The maximum Gasteiger partial charge on any atom is 0.273 e. The number of aromatic nitrogens is 2. The summed E-state index contributed by atoms with van der Waals surface area (Å²) < 4.78 is 21.0. The molecule has 0 atom stereocenters. The molecule has 0 fully saturated rings. The molecule has 30 heavy (non-hydrogen) atoms. The first kappa shape index (κ1) is 22.4. The standard InChI is InChI=1S/C19H12BrCl2FN4O2S/c1-30-19-26-15(17(20)27-19)18(28)25-8-10-2-3-13(22)16(14(10)23)29-12-5-9(7-24)4-11(21)6-12/h2-6H,8H2,1H3,(H,25,28)(H,26,27). The van der Waals surface area contributed by atoms with Gasteiger partial charge in [0.15, 0.2) is 22.4 Å². The number of benzene rings is 2. The molecule has 0 radical (unpaired) electrons. The van der Waals surface area contributed by atoms with Crippen LogP contribution in [-0.4, -0.2) is 22.1 Å². The van der Waals surface area contributed by atoms with Gasteiger partial charge < -0.3 is 15.0 Å². The average Bonchev–Trinajstić information content (AvgIpc) is 3.10. The number of nitrogens with one attached hydrogen (secondary N) is 2. The van der Waals surface area contributed by atoms with Crippen LogP contribution in [0.25, 0.3) is 0 Å². The predicted octanol–water partition coefficient (Wildman–Crippen LogP) is 5.93. The Morgan fingerprint density at radius 1 is 1.40 bits per heavy atom. The number of imidazole rings is 1. The summed E-state index contributed by atoms with van der Waals surface area (Å²) in [4.78, 5) is 19.4. The summed E-state index contributed by atoms with van der Waals surface area (Å²) in [7, 11) is 0. The van der Waals surface area contributed by atoms with Crippen molar-refractivity contribution in [2.24, 2.45) is 0 Å². The van der Waals surface area contributed by atoms with Gasteiger partial charge in [-0.15, -0.1) is 0 Å². The van der Waals surface area contributed by atoms with E-state index in [9.17, 15) is 9.18 Å². The zero-order valence-corrected chi connectivity index (χ0v) is 19.1. The van der Waals surface area contributed by atoms with E-state index in [1.165, 1.54) is 42.1 Å². The Bertz CT molecular complexity index is 1170. The molecule has 3 aromatic rings. The van der Waals surface area contributed by atoms with Crippen LogP contribution in [0.1, 0.15) is 21.6 Å². The quantitative estimate of drug-likeness (QED) is 0.386. The molecule has 0 saturated carbocycles. The first-order chi connectivity index (χ1) is 14.3. The third-order valence-corrected chi connectivity index (χ3v) is 5.50. The molecule has 0 spiro atoms. The maximum atomic E-state index is 15.0. The van der Waals surface area contributed by atoms with Gasteiger partial charge in [0.05, 0.1) is 16.7 Å². The molecule has 0 unspecified atom stereocenters. The number of H-pyrrole nitrogens is 1. The monoisotopic (exact) mass is 528 g/mol. The zero-order valence-electron chi connectivity index (χ0n) is 15.2. The van der Waals surface area contributed by atoms with Crippen LogP contribution in [0.4, 0.5) is 4.39 Å². The number of hydrogen-bond acceptors (Lipinski definition) is 5. The molecule has 154 valence electrons. The molecule has 1 amide bonds. The van der Waals surface area contributed by atoms with Crippen molar-refractivity contribution in [1.29, 1.82) is 5.26 Å². The number of amides is 1. The van der Waals surface area contributed by atoms with Gasteiger partial charge in [0, 0.05) is 17.1 Å². The van der Waals surface area contributed by atoms with E-state index in [-0.39, 0.29) is 44.9 Å². The highest BCUT2D eigenvalue weighted by Crippen LogP contribution is 2.35. The summed E-state index contributed by atoms with van der Waals surface area (Å²) in [6.45, 7) is -0.120. The number of hydrogen-bond donors (Lipinski definition) is 2. The molecule has 2 aromatic carbocycles. The fourth-order valence-corrected chi connectivity index (χ4v) is 3.83. The second kappa shape index (κ2) is 9.71. The van der Waals surface area contributed by atoms with Crippen molar-refractivity contribution >= 4 is 56.8 Å². The fraction of sp³-hybridized carbons (Fsp3) is 0.105. The van der Waals surface area contributed by atoms with E-state index in [1.54, 1.807) is 0 Å². The van der Waals surface area contributed by atoms with Crippen LogP contribution in [0.2, 0.25) is 10.0 Å². The molecule has 2 N–H and O–H groups in total. The van der Waals surface area contributed by atoms with E-state index in [1.807, 2.05) is 12.3 Å². The van der Waals surface area contributed by atoms with E-state index in [0.717, 1.165) is 0 Å². The highest BCUT2D eigenvalue weighted by Gasteiger charge is 2.19. The summed E-state index contributed by atoms with van der Waals surface area (Å²) in [5.41, 5.74) is 0.571. The molecule has 1 heterocycles. The van der Waals surface area contributed by atoms with E-state index >= 15 is 0 Å². The largest absolute Gasteiger partial charge is 0.453 e. The number of carbonyl (C=O) groups is 1. The second-order valence-corrected chi connectivity index (χ2v) is 8.26. The molecular formula is C19H12BrCl2FN4O2S. The van der Waals surface area contributed by atoms with Crippen LogP contribution < -0.4 is 10.1 Å². The lowest BCUT2D eigenvalue weighted by Crippen LogP contribution is -2.24. The molecular weight excluding hydrogens is 518 g/mol. The minimum absolute atomic E-state index is 0.0284. The third kappa shape index (κ3) is 5.08. The SMILES string of the molecule is CSc1nc(C(=O)NCc2ccc(Cl)c(Oc3cc(Cl)cc(C#N)c3)c2F)c(Br)[nH]1. The Balaban J connectivity index is 1.81. The smallest absolute Gasteiger partial charge is 0.273 e. The summed E-state index contributed by atoms with van der Waals surface area (Å²) in [5, 5.41) is 12.5. The molecule has 0 saturated heterocycles. The van der Waals surface area contributed by atoms with Crippen LogP contribution in [0, 0.1) is 17.1 Å². The van der Waals surface area contributed by atoms with Crippen LogP contribution >= 0.6 is 50.9 Å². The number of thioether (sulfide) groups is 1. The van der Waals surface area contributed by atoms with E-state index < -0.39 is 11.7 Å².